The Hall–Kier alpha value is -1.53. The molecule has 1 saturated heterocycles. The van der Waals surface area contributed by atoms with Crippen LogP contribution in [0, 0.1) is 0 Å². The molecule has 0 spiro atoms. The number of thioether (sulfide) groups is 1. The first kappa shape index (κ1) is 20.2. The molecule has 1 aromatic heterocycles. The Morgan fingerprint density at radius 2 is 2.00 bits per heavy atom. The second-order valence-electron chi connectivity index (χ2n) is 6.00. The summed E-state index contributed by atoms with van der Waals surface area (Å²) in [5.74, 6) is 0.462. The lowest BCUT2D eigenvalue weighted by Gasteiger charge is -2.31. The molecule has 1 aromatic carbocycles. The first-order chi connectivity index (χ1) is 12.9. The van der Waals surface area contributed by atoms with Gasteiger partial charge in [-0.3, -0.25) is 10.1 Å². The topological polar surface area (TPSA) is 95.5 Å². The average molecular weight is 428 g/mol. The first-order valence-electron chi connectivity index (χ1n) is 8.46. The maximum absolute atomic E-state index is 12.9. The van der Waals surface area contributed by atoms with Gasteiger partial charge in [0.1, 0.15) is 0 Å². The Bertz CT molecular complexity index is 908. The van der Waals surface area contributed by atoms with Crippen LogP contribution in [-0.4, -0.2) is 72.7 Å². The van der Waals surface area contributed by atoms with Gasteiger partial charge in [-0.05, 0) is 31.0 Å². The minimum atomic E-state index is -3.62. The van der Waals surface area contributed by atoms with Crippen LogP contribution in [0.15, 0.2) is 33.5 Å². The van der Waals surface area contributed by atoms with Crippen molar-refractivity contribution in [3.8, 4) is 0 Å². The molecule has 1 aliphatic rings. The minimum absolute atomic E-state index is 0.124. The predicted octanol–water partition coefficient (Wildman–Crippen LogP) is 1.84. The van der Waals surface area contributed by atoms with E-state index in [0.29, 0.717) is 31.3 Å². The second-order valence-corrected chi connectivity index (χ2v) is 10.4. The summed E-state index contributed by atoms with van der Waals surface area (Å²) in [6, 6.07) is 6.09. The lowest BCUT2D eigenvalue weighted by molar-refractivity contribution is 0.102. The van der Waals surface area contributed by atoms with Crippen LogP contribution in [-0.2, 0) is 10.0 Å². The Morgan fingerprint density at radius 1 is 1.26 bits per heavy atom. The Kier molecular flexibility index (Phi) is 6.48. The molecule has 1 fully saturated rings. The molecule has 2 aromatic rings. The normalized spacial score (nSPS) is 16.4. The molecule has 1 N–H and O–H groups in total. The van der Waals surface area contributed by atoms with Crippen LogP contribution in [0.4, 0.5) is 5.13 Å². The number of carbonyl (C=O) groups excluding carboxylic acids is 1. The molecule has 146 valence electrons. The molecule has 2 heterocycles. The van der Waals surface area contributed by atoms with E-state index in [1.165, 1.54) is 27.8 Å². The highest BCUT2D eigenvalue weighted by atomic mass is 32.2. The quantitative estimate of drug-likeness (QED) is 0.555. The summed E-state index contributed by atoms with van der Waals surface area (Å²) in [4.78, 5) is 14.7. The summed E-state index contributed by atoms with van der Waals surface area (Å²) >= 11 is 2.84. The van der Waals surface area contributed by atoms with Gasteiger partial charge in [0.25, 0.3) is 5.91 Å². The van der Waals surface area contributed by atoms with Crippen LogP contribution >= 0.6 is 23.1 Å². The zero-order valence-electron chi connectivity index (χ0n) is 15.1. The molecule has 0 aliphatic carbocycles. The molecule has 0 saturated carbocycles. The first-order valence-corrected chi connectivity index (χ1v) is 11.7. The van der Waals surface area contributed by atoms with E-state index in [9.17, 15) is 13.2 Å². The lowest BCUT2D eigenvalue weighted by atomic mass is 10.2. The molecule has 11 heteroatoms. The van der Waals surface area contributed by atoms with E-state index < -0.39 is 15.9 Å². The van der Waals surface area contributed by atoms with Gasteiger partial charge in [0.05, 0.1) is 4.90 Å². The van der Waals surface area contributed by atoms with Crippen molar-refractivity contribution in [1.82, 2.24) is 19.4 Å². The number of amides is 1. The van der Waals surface area contributed by atoms with E-state index in [2.05, 4.69) is 20.4 Å². The average Bonchev–Trinajstić information content (AvgIpc) is 3.09. The van der Waals surface area contributed by atoms with E-state index >= 15 is 0 Å². The zero-order valence-corrected chi connectivity index (χ0v) is 17.5. The smallest absolute Gasteiger partial charge is 0.257 e. The van der Waals surface area contributed by atoms with Gasteiger partial charge in [0.15, 0.2) is 4.34 Å². The van der Waals surface area contributed by atoms with Crippen LogP contribution in [0.1, 0.15) is 17.3 Å². The lowest BCUT2D eigenvalue weighted by Crippen LogP contribution is -2.47. The number of likely N-dealkylation sites (N-methyl/N-ethyl adjacent to an activating group) is 1. The van der Waals surface area contributed by atoms with Gasteiger partial charge >= 0.3 is 0 Å². The number of sulfonamides is 1. The number of hydrogen-bond acceptors (Lipinski definition) is 8. The molecular formula is C16H21N5O3S3. The number of nitrogens with zero attached hydrogens (tertiary/aromatic N) is 4. The highest BCUT2D eigenvalue weighted by molar-refractivity contribution is 8.01. The number of nitrogens with one attached hydrogen (secondary N) is 1. The van der Waals surface area contributed by atoms with E-state index in [1.807, 2.05) is 14.0 Å². The number of benzene rings is 1. The van der Waals surface area contributed by atoms with Crippen molar-refractivity contribution in [3.63, 3.8) is 0 Å². The van der Waals surface area contributed by atoms with Crippen molar-refractivity contribution in [2.24, 2.45) is 0 Å². The summed E-state index contributed by atoms with van der Waals surface area (Å²) in [5.41, 5.74) is 0.269. The molecule has 0 radical (unpaired) electrons. The van der Waals surface area contributed by atoms with Crippen LogP contribution < -0.4 is 5.32 Å². The molecule has 3 rings (SSSR count). The van der Waals surface area contributed by atoms with Crippen LogP contribution in [0.3, 0.4) is 0 Å². The van der Waals surface area contributed by atoms with Crippen molar-refractivity contribution in [1.29, 1.82) is 0 Å². The third-order valence-corrected chi connectivity index (χ3v) is 7.84. The van der Waals surface area contributed by atoms with Crippen molar-refractivity contribution in [3.05, 3.63) is 29.8 Å². The molecule has 1 amide bonds. The van der Waals surface area contributed by atoms with Gasteiger partial charge in [-0.2, -0.15) is 4.31 Å². The highest BCUT2D eigenvalue weighted by Crippen LogP contribution is 2.25. The van der Waals surface area contributed by atoms with Crippen molar-refractivity contribution in [2.45, 2.75) is 16.2 Å². The third kappa shape index (κ3) is 4.85. The number of anilines is 1. The molecule has 0 atom stereocenters. The molecular weight excluding hydrogens is 406 g/mol. The zero-order chi connectivity index (χ0) is 19.4. The number of carbonyl (C=O) groups is 1. The number of piperazine rings is 1. The Morgan fingerprint density at radius 3 is 2.70 bits per heavy atom. The molecule has 8 nitrogen and oxygen atoms in total. The Balaban J connectivity index is 1.75. The molecule has 0 unspecified atom stereocenters. The molecule has 0 bridgehead atoms. The van der Waals surface area contributed by atoms with E-state index in [0.717, 1.165) is 10.1 Å². The van der Waals surface area contributed by atoms with Crippen LogP contribution in [0.5, 0.6) is 0 Å². The van der Waals surface area contributed by atoms with Gasteiger partial charge in [0.2, 0.25) is 15.2 Å². The number of aromatic nitrogens is 2. The fourth-order valence-electron chi connectivity index (χ4n) is 2.59. The van der Waals surface area contributed by atoms with Crippen molar-refractivity contribution < 1.29 is 13.2 Å². The van der Waals surface area contributed by atoms with Crippen molar-refractivity contribution >= 4 is 44.2 Å². The van der Waals surface area contributed by atoms with Gasteiger partial charge in [0, 0.05) is 31.7 Å². The van der Waals surface area contributed by atoms with Crippen LogP contribution in [0.2, 0.25) is 0 Å². The van der Waals surface area contributed by atoms with Crippen molar-refractivity contribution in [2.75, 3.05) is 44.3 Å². The monoisotopic (exact) mass is 427 g/mol. The standard InChI is InChI=1S/C16H21N5O3S3/c1-3-25-16-19-18-15(26-16)17-14(22)12-5-4-6-13(11-12)27(23,24)21-9-7-20(2)8-10-21/h4-6,11H,3,7-10H2,1-2H3,(H,17,18,22). The number of hydrogen-bond donors (Lipinski definition) is 1. The minimum Gasteiger partial charge on any atom is -0.304 e. The summed E-state index contributed by atoms with van der Waals surface area (Å²) in [5, 5.41) is 11.0. The summed E-state index contributed by atoms with van der Waals surface area (Å²) in [7, 11) is -1.65. The van der Waals surface area contributed by atoms with E-state index in [4.69, 9.17) is 0 Å². The van der Waals surface area contributed by atoms with Crippen LogP contribution in [0.25, 0.3) is 0 Å². The second kappa shape index (κ2) is 8.65. The summed E-state index contributed by atoms with van der Waals surface area (Å²) in [6.07, 6.45) is 0. The van der Waals surface area contributed by atoms with E-state index in [1.54, 1.807) is 23.9 Å². The summed E-state index contributed by atoms with van der Waals surface area (Å²) in [6.45, 7) is 4.27. The fourth-order valence-corrected chi connectivity index (χ4v) is 5.70. The Labute approximate surface area is 167 Å². The van der Waals surface area contributed by atoms with Gasteiger partial charge in [-0.1, -0.05) is 36.1 Å². The largest absolute Gasteiger partial charge is 0.304 e. The SMILES string of the molecule is CCSc1nnc(NC(=O)c2cccc(S(=O)(=O)N3CCN(C)CC3)c2)s1. The van der Waals surface area contributed by atoms with Gasteiger partial charge in [-0.25, -0.2) is 8.42 Å². The molecule has 1 aliphatic heterocycles. The summed E-state index contributed by atoms with van der Waals surface area (Å²) < 4.78 is 27.9. The van der Waals surface area contributed by atoms with Gasteiger partial charge < -0.3 is 4.90 Å². The maximum Gasteiger partial charge on any atom is 0.257 e. The predicted molar refractivity (Wildman–Crippen MR) is 107 cm³/mol. The van der Waals surface area contributed by atoms with E-state index in [-0.39, 0.29) is 10.5 Å². The number of rotatable bonds is 6. The molecule has 27 heavy (non-hydrogen) atoms. The third-order valence-electron chi connectivity index (χ3n) is 4.09. The maximum atomic E-state index is 12.9. The fraction of sp³-hybridized carbons (Fsp3) is 0.438. The highest BCUT2D eigenvalue weighted by Gasteiger charge is 2.28. The van der Waals surface area contributed by atoms with Gasteiger partial charge in [-0.15, -0.1) is 10.2 Å².